The molecule has 0 aromatic heterocycles. The van der Waals surface area contributed by atoms with Crippen molar-refractivity contribution in [1.82, 2.24) is 4.72 Å². The van der Waals surface area contributed by atoms with Crippen molar-refractivity contribution < 1.29 is 18.0 Å². The number of carbonyl (C=O) groups is 2. The largest absolute Gasteiger partial charge is 0.326 e. The van der Waals surface area contributed by atoms with E-state index >= 15 is 0 Å². The summed E-state index contributed by atoms with van der Waals surface area (Å²) in [6.07, 6.45) is 0.775. The zero-order valence-electron chi connectivity index (χ0n) is 19.3. The summed E-state index contributed by atoms with van der Waals surface area (Å²) in [7, 11) is -3.85. The van der Waals surface area contributed by atoms with Gasteiger partial charge in [-0.25, -0.2) is 8.42 Å². The third kappa shape index (κ3) is 8.09. The maximum absolute atomic E-state index is 12.9. The Morgan fingerprint density at radius 2 is 1.34 bits per heavy atom. The maximum atomic E-state index is 12.9. The van der Waals surface area contributed by atoms with Crippen LogP contribution in [0.1, 0.15) is 46.1 Å². The van der Waals surface area contributed by atoms with E-state index in [0.717, 1.165) is 5.56 Å². The molecule has 2 aromatic rings. The second-order valence-electron chi connectivity index (χ2n) is 8.83. The predicted molar refractivity (Wildman–Crippen MR) is 128 cm³/mol. The summed E-state index contributed by atoms with van der Waals surface area (Å²) in [4.78, 5) is 24.9. The van der Waals surface area contributed by atoms with Crippen LogP contribution >= 0.6 is 0 Å². The maximum Gasteiger partial charge on any atom is 0.242 e. The van der Waals surface area contributed by atoms with E-state index in [1.807, 2.05) is 34.6 Å². The average molecular weight is 460 g/mol. The topological polar surface area (TPSA) is 104 Å². The van der Waals surface area contributed by atoms with Crippen LogP contribution in [0, 0.1) is 18.8 Å². The highest BCUT2D eigenvalue weighted by Gasteiger charge is 2.26. The van der Waals surface area contributed by atoms with Crippen molar-refractivity contribution in [3.05, 3.63) is 54.1 Å². The lowest BCUT2D eigenvalue weighted by molar-refractivity contribution is -0.118. The summed E-state index contributed by atoms with van der Waals surface area (Å²) in [5.74, 6) is -0.148. The van der Waals surface area contributed by atoms with E-state index in [-0.39, 0.29) is 22.6 Å². The fourth-order valence-electron chi connectivity index (χ4n) is 3.10. The van der Waals surface area contributed by atoms with Gasteiger partial charge in [-0.3, -0.25) is 9.59 Å². The fourth-order valence-corrected chi connectivity index (χ4v) is 4.31. The highest BCUT2D eigenvalue weighted by Crippen LogP contribution is 2.17. The van der Waals surface area contributed by atoms with Crippen molar-refractivity contribution in [2.75, 3.05) is 10.6 Å². The number of nitrogens with one attached hydrogen (secondary N) is 3. The summed E-state index contributed by atoms with van der Waals surface area (Å²) < 4.78 is 28.1. The second kappa shape index (κ2) is 11.2. The number of rotatable bonds is 10. The molecule has 0 fully saturated rings. The lowest BCUT2D eigenvalue weighted by Gasteiger charge is -2.20. The molecule has 0 aliphatic carbocycles. The molecule has 0 saturated heterocycles. The van der Waals surface area contributed by atoms with Crippen LogP contribution in [0.15, 0.2) is 53.4 Å². The quantitative estimate of drug-likeness (QED) is 0.492. The molecular formula is C24H33N3O4S. The number of benzene rings is 2. The van der Waals surface area contributed by atoms with Crippen LogP contribution in [0.5, 0.6) is 0 Å². The van der Waals surface area contributed by atoms with Gasteiger partial charge >= 0.3 is 0 Å². The Labute approximate surface area is 191 Å². The Morgan fingerprint density at radius 1 is 0.812 bits per heavy atom. The fraction of sp³-hybridized carbons (Fsp3) is 0.417. The van der Waals surface area contributed by atoms with Crippen LogP contribution in [-0.4, -0.2) is 26.3 Å². The van der Waals surface area contributed by atoms with Crippen molar-refractivity contribution in [1.29, 1.82) is 0 Å². The summed E-state index contributed by atoms with van der Waals surface area (Å²) in [6.45, 7) is 9.67. The van der Waals surface area contributed by atoms with Crippen LogP contribution in [0.4, 0.5) is 11.4 Å². The summed E-state index contributed by atoms with van der Waals surface area (Å²) in [5.41, 5.74) is 2.09. The van der Waals surface area contributed by atoms with Crippen molar-refractivity contribution in [3.63, 3.8) is 0 Å². The molecule has 0 aliphatic rings. The van der Waals surface area contributed by atoms with E-state index < -0.39 is 22.0 Å². The molecule has 0 radical (unpaired) electrons. The molecule has 1 atom stereocenters. The Morgan fingerprint density at radius 3 is 1.84 bits per heavy atom. The number of hydrogen-bond donors (Lipinski definition) is 3. The molecule has 0 aliphatic heterocycles. The van der Waals surface area contributed by atoms with Gasteiger partial charge in [0.05, 0.1) is 4.90 Å². The van der Waals surface area contributed by atoms with E-state index in [4.69, 9.17) is 0 Å². The van der Waals surface area contributed by atoms with Gasteiger partial charge in [0, 0.05) is 17.8 Å². The molecule has 2 amide bonds. The van der Waals surface area contributed by atoms with Gasteiger partial charge in [0.2, 0.25) is 21.8 Å². The molecule has 32 heavy (non-hydrogen) atoms. The molecule has 3 N–H and O–H groups in total. The van der Waals surface area contributed by atoms with E-state index in [1.54, 1.807) is 36.4 Å². The van der Waals surface area contributed by atoms with Crippen molar-refractivity contribution in [3.8, 4) is 0 Å². The van der Waals surface area contributed by atoms with Gasteiger partial charge in [-0.2, -0.15) is 4.72 Å². The Hall–Kier alpha value is -2.71. The molecule has 0 saturated carbocycles. The molecule has 0 spiro atoms. The van der Waals surface area contributed by atoms with Gasteiger partial charge in [0.25, 0.3) is 0 Å². The average Bonchev–Trinajstić information content (AvgIpc) is 2.68. The van der Waals surface area contributed by atoms with Crippen LogP contribution in [-0.2, 0) is 19.6 Å². The predicted octanol–water partition coefficient (Wildman–Crippen LogP) is 4.31. The first-order chi connectivity index (χ1) is 15.0. The van der Waals surface area contributed by atoms with E-state index in [0.29, 0.717) is 24.2 Å². The summed E-state index contributed by atoms with van der Waals surface area (Å²) >= 11 is 0. The minimum absolute atomic E-state index is 0.0701. The minimum atomic E-state index is -3.85. The first kappa shape index (κ1) is 25.5. The number of amides is 2. The Bertz CT molecular complexity index is 1010. The Kier molecular flexibility index (Phi) is 8.98. The number of sulfonamides is 1. The number of hydrogen-bond acceptors (Lipinski definition) is 4. The van der Waals surface area contributed by atoms with Crippen LogP contribution < -0.4 is 15.4 Å². The molecule has 2 rings (SSSR count). The standard InChI is InChI=1S/C24H33N3O4S/c1-16(2)14-22(27-32(30,31)21-12-6-18(5)7-13-21)24(29)26-20-10-8-19(9-11-20)25-23(28)15-17(3)4/h6-13,16-17,22,27H,14-15H2,1-5H3,(H,25,28)(H,26,29)/t22-/m1/s1. The first-order valence-electron chi connectivity index (χ1n) is 10.8. The summed E-state index contributed by atoms with van der Waals surface area (Å²) in [6, 6.07) is 12.3. The number of carbonyl (C=O) groups excluding carboxylic acids is 2. The zero-order valence-corrected chi connectivity index (χ0v) is 20.1. The van der Waals surface area contributed by atoms with Gasteiger partial charge in [-0.05, 0) is 61.6 Å². The lowest BCUT2D eigenvalue weighted by Crippen LogP contribution is -2.44. The van der Waals surface area contributed by atoms with Crippen molar-refractivity contribution in [2.24, 2.45) is 11.8 Å². The molecular weight excluding hydrogens is 426 g/mol. The zero-order chi connectivity index (χ0) is 23.9. The molecule has 8 heteroatoms. The molecule has 0 heterocycles. The molecule has 0 bridgehead atoms. The van der Waals surface area contributed by atoms with Gasteiger partial charge in [0.1, 0.15) is 6.04 Å². The second-order valence-corrected chi connectivity index (χ2v) is 10.5. The number of aryl methyl sites for hydroxylation is 1. The third-order valence-corrected chi connectivity index (χ3v) is 6.17. The highest BCUT2D eigenvalue weighted by molar-refractivity contribution is 7.89. The minimum Gasteiger partial charge on any atom is -0.326 e. The molecule has 174 valence electrons. The Balaban J connectivity index is 2.09. The first-order valence-corrected chi connectivity index (χ1v) is 12.2. The van der Waals surface area contributed by atoms with Gasteiger partial charge < -0.3 is 10.6 Å². The normalized spacial score (nSPS) is 12.6. The smallest absolute Gasteiger partial charge is 0.242 e. The van der Waals surface area contributed by atoms with Gasteiger partial charge in [0.15, 0.2) is 0 Å². The van der Waals surface area contributed by atoms with E-state index in [2.05, 4.69) is 15.4 Å². The van der Waals surface area contributed by atoms with Crippen LogP contribution in [0.25, 0.3) is 0 Å². The van der Waals surface area contributed by atoms with Gasteiger partial charge in [-0.15, -0.1) is 0 Å². The molecule has 7 nitrogen and oxygen atoms in total. The lowest BCUT2D eigenvalue weighted by atomic mass is 10.0. The van der Waals surface area contributed by atoms with E-state index in [1.165, 1.54) is 12.1 Å². The van der Waals surface area contributed by atoms with Crippen LogP contribution in [0.3, 0.4) is 0 Å². The molecule has 0 unspecified atom stereocenters. The highest BCUT2D eigenvalue weighted by atomic mass is 32.2. The SMILES string of the molecule is Cc1ccc(S(=O)(=O)N[C@H](CC(C)C)C(=O)Nc2ccc(NC(=O)CC(C)C)cc2)cc1. The van der Waals surface area contributed by atoms with Crippen molar-refractivity contribution >= 4 is 33.2 Å². The van der Waals surface area contributed by atoms with Crippen LogP contribution in [0.2, 0.25) is 0 Å². The van der Waals surface area contributed by atoms with Gasteiger partial charge in [-0.1, -0.05) is 45.4 Å². The molecule has 2 aromatic carbocycles. The van der Waals surface area contributed by atoms with E-state index in [9.17, 15) is 18.0 Å². The summed E-state index contributed by atoms with van der Waals surface area (Å²) in [5, 5.41) is 5.58. The third-order valence-electron chi connectivity index (χ3n) is 4.68. The number of anilines is 2. The monoisotopic (exact) mass is 459 g/mol. The van der Waals surface area contributed by atoms with Crippen molar-refractivity contribution in [2.45, 2.75) is 58.4 Å².